The molecule has 4 nitrogen and oxygen atoms in total. The van der Waals surface area contributed by atoms with Crippen molar-refractivity contribution in [1.29, 1.82) is 0 Å². The molecule has 0 heterocycles. The van der Waals surface area contributed by atoms with Gasteiger partial charge in [-0.1, -0.05) is 37.5 Å². The molecule has 0 bridgehead atoms. The van der Waals surface area contributed by atoms with E-state index in [0.717, 1.165) is 31.2 Å². The largest absolute Gasteiger partial charge is 0.395 e. The third kappa shape index (κ3) is 3.89. The molecule has 1 saturated carbocycles. The molecule has 1 aromatic carbocycles. The van der Waals surface area contributed by atoms with Gasteiger partial charge in [-0.15, -0.1) is 0 Å². The predicted molar refractivity (Wildman–Crippen MR) is 88.7 cm³/mol. The molecule has 124 valence electrons. The Bertz CT molecular complexity index is 564. The molecule has 0 saturated heterocycles. The summed E-state index contributed by atoms with van der Waals surface area (Å²) in [6.07, 6.45) is 4.33. The van der Waals surface area contributed by atoms with Crippen LogP contribution in [-0.2, 0) is 9.84 Å². The van der Waals surface area contributed by atoms with E-state index in [9.17, 15) is 13.5 Å². The van der Waals surface area contributed by atoms with Crippen LogP contribution in [0, 0.1) is 6.92 Å². The Balaban J connectivity index is 2.23. The second kappa shape index (κ2) is 7.57. The Morgan fingerprint density at radius 3 is 2.45 bits per heavy atom. The zero-order valence-electron chi connectivity index (χ0n) is 13.5. The maximum absolute atomic E-state index is 13.0. The Morgan fingerprint density at radius 2 is 1.86 bits per heavy atom. The average molecular weight is 325 g/mol. The van der Waals surface area contributed by atoms with E-state index >= 15 is 0 Å². The monoisotopic (exact) mass is 325 g/mol. The van der Waals surface area contributed by atoms with Gasteiger partial charge in [-0.05, 0) is 38.3 Å². The van der Waals surface area contributed by atoms with Crippen molar-refractivity contribution in [3.63, 3.8) is 0 Å². The van der Waals surface area contributed by atoms with E-state index in [1.54, 1.807) is 12.1 Å². The highest BCUT2D eigenvalue weighted by molar-refractivity contribution is 7.92. The van der Waals surface area contributed by atoms with Crippen molar-refractivity contribution in [3.8, 4) is 0 Å². The number of rotatable bonds is 6. The van der Waals surface area contributed by atoms with E-state index in [4.69, 9.17) is 0 Å². The Labute approximate surface area is 133 Å². The maximum atomic E-state index is 13.0. The molecule has 0 aliphatic heterocycles. The first-order valence-electron chi connectivity index (χ1n) is 8.16. The highest BCUT2D eigenvalue weighted by Gasteiger charge is 2.37. The standard InChI is InChI=1S/C17H27NO3S/c1-3-14(12-19)18-16-6-4-5-7-17(16)22(20,21)15-10-8-13(2)9-11-15/h8-11,14,16-19H,3-7,12H2,1-2H3/t14-,16-,17-/m1/s1. The summed E-state index contributed by atoms with van der Waals surface area (Å²) < 4.78 is 25.9. The lowest BCUT2D eigenvalue weighted by molar-refractivity contribution is 0.216. The van der Waals surface area contributed by atoms with E-state index in [1.807, 2.05) is 26.0 Å². The lowest BCUT2D eigenvalue weighted by atomic mass is 9.94. The number of hydrogen-bond acceptors (Lipinski definition) is 4. The molecule has 0 unspecified atom stereocenters. The molecule has 0 spiro atoms. The van der Waals surface area contributed by atoms with Gasteiger partial charge in [-0.3, -0.25) is 0 Å². The predicted octanol–water partition coefficient (Wildman–Crippen LogP) is 2.44. The van der Waals surface area contributed by atoms with Gasteiger partial charge in [0.25, 0.3) is 0 Å². The molecule has 1 aromatic rings. The lowest BCUT2D eigenvalue weighted by Crippen LogP contribution is -2.50. The van der Waals surface area contributed by atoms with Crippen LogP contribution in [0.15, 0.2) is 29.2 Å². The van der Waals surface area contributed by atoms with Crippen molar-refractivity contribution < 1.29 is 13.5 Å². The van der Waals surface area contributed by atoms with E-state index in [2.05, 4.69) is 5.32 Å². The van der Waals surface area contributed by atoms with Crippen LogP contribution in [0.2, 0.25) is 0 Å². The topological polar surface area (TPSA) is 66.4 Å². The van der Waals surface area contributed by atoms with Gasteiger partial charge in [0.1, 0.15) is 0 Å². The van der Waals surface area contributed by atoms with Crippen molar-refractivity contribution in [2.75, 3.05) is 6.61 Å². The zero-order chi connectivity index (χ0) is 16.2. The van der Waals surface area contributed by atoms with E-state index in [-0.39, 0.29) is 18.7 Å². The quantitative estimate of drug-likeness (QED) is 0.843. The van der Waals surface area contributed by atoms with Gasteiger partial charge in [0.15, 0.2) is 9.84 Å². The van der Waals surface area contributed by atoms with Crippen LogP contribution in [-0.4, -0.2) is 37.5 Å². The number of nitrogens with one attached hydrogen (secondary N) is 1. The highest BCUT2D eigenvalue weighted by Crippen LogP contribution is 2.29. The molecular formula is C17H27NO3S. The van der Waals surface area contributed by atoms with Gasteiger partial charge >= 0.3 is 0 Å². The zero-order valence-corrected chi connectivity index (χ0v) is 14.3. The van der Waals surface area contributed by atoms with Crippen LogP contribution in [0.5, 0.6) is 0 Å². The van der Waals surface area contributed by atoms with Crippen molar-refractivity contribution in [1.82, 2.24) is 5.32 Å². The fourth-order valence-corrected chi connectivity index (χ4v) is 5.15. The average Bonchev–Trinajstić information content (AvgIpc) is 2.53. The molecule has 2 rings (SSSR count). The van der Waals surface area contributed by atoms with Crippen LogP contribution in [0.1, 0.15) is 44.6 Å². The van der Waals surface area contributed by atoms with Crippen molar-refractivity contribution >= 4 is 9.84 Å². The first-order chi connectivity index (χ1) is 10.5. The molecular weight excluding hydrogens is 298 g/mol. The molecule has 3 atom stereocenters. The number of aliphatic hydroxyl groups excluding tert-OH is 1. The maximum Gasteiger partial charge on any atom is 0.182 e. The molecule has 2 N–H and O–H groups in total. The fraction of sp³-hybridized carbons (Fsp3) is 0.647. The molecule has 0 aromatic heterocycles. The first kappa shape index (κ1) is 17.4. The van der Waals surface area contributed by atoms with Crippen LogP contribution in [0.3, 0.4) is 0 Å². The summed E-state index contributed by atoms with van der Waals surface area (Å²) in [6.45, 7) is 4.00. The number of aryl methyl sites for hydroxylation is 1. The van der Waals surface area contributed by atoms with E-state index in [1.165, 1.54) is 0 Å². The Kier molecular flexibility index (Phi) is 6.01. The molecule has 0 radical (unpaired) electrons. The van der Waals surface area contributed by atoms with E-state index < -0.39 is 15.1 Å². The molecule has 5 heteroatoms. The number of benzene rings is 1. The van der Waals surface area contributed by atoms with Gasteiger partial charge in [-0.25, -0.2) is 8.42 Å². The van der Waals surface area contributed by atoms with Gasteiger partial charge in [-0.2, -0.15) is 0 Å². The number of hydrogen-bond donors (Lipinski definition) is 2. The molecule has 0 amide bonds. The van der Waals surface area contributed by atoms with Gasteiger partial charge in [0, 0.05) is 12.1 Å². The minimum atomic E-state index is -3.33. The third-order valence-electron chi connectivity index (χ3n) is 4.61. The summed E-state index contributed by atoms with van der Waals surface area (Å²) in [5, 5.41) is 12.3. The molecule has 1 aliphatic carbocycles. The highest BCUT2D eigenvalue weighted by atomic mass is 32.2. The summed E-state index contributed by atoms with van der Waals surface area (Å²) in [6, 6.07) is 7.01. The van der Waals surface area contributed by atoms with Gasteiger partial charge < -0.3 is 10.4 Å². The Morgan fingerprint density at radius 1 is 1.23 bits per heavy atom. The van der Waals surface area contributed by atoms with Crippen molar-refractivity contribution in [2.24, 2.45) is 0 Å². The fourth-order valence-electron chi connectivity index (χ4n) is 3.16. The summed E-state index contributed by atoms with van der Waals surface area (Å²) >= 11 is 0. The van der Waals surface area contributed by atoms with Crippen LogP contribution in [0.25, 0.3) is 0 Å². The summed E-state index contributed by atoms with van der Waals surface area (Å²) in [5.74, 6) is 0. The van der Waals surface area contributed by atoms with Crippen molar-refractivity contribution in [3.05, 3.63) is 29.8 Å². The first-order valence-corrected chi connectivity index (χ1v) is 9.71. The summed E-state index contributed by atoms with van der Waals surface area (Å²) in [5.41, 5.74) is 1.06. The minimum Gasteiger partial charge on any atom is -0.395 e. The summed E-state index contributed by atoms with van der Waals surface area (Å²) in [4.78, 5) is 0.411. The van der Waals surface area contributed by atoms with Gasteiger partial charge in [0.05, 0.1) is 16.8 Å². The number of sulfone groups is 1. The Hall–Kier alpha value is -0.910. The van der Waals surface area contributed by atoms with Crippen molar-refractivity contribution in [2.45, 2.75) is 68.2 Å². The third-order valence-corrected chi connectivity index (χ3v) is 6.90. The van der Waals surface area contributed by atoms with E-state index in [0.29, 0.717) is 11.3 Å². The summed E-state index contributed by atoms with van der Waals surface area (Å²) in [7, 11) is -3.33. The molecule has 1 fully saturated rings. The smallest absolute Gasteiger partial charge is 0.182 e. The minimum absolute atomic E-state index is 0.0289. The van der Waals surface area contributed by atoms with Crippen LogP contribution < -0.4 is 5.32 Å². The SMILES string of the molecule is CC[C@H](CO)N[C@@H]1CCCC[C@H]1S(=O)(=O)c1ccc(C)cc1. The molecule has 1 aliphatic rings. The second-order valence-electron chi connectivity index (χ2n) is 6.24. The van der Waals surface area contributed by atoms with Crippen LogP contribution in [0.4, 0.5) is 0 Å². The van der Waals surface area contributed by atoms with Crippen LogP contribution >= 0.6 is 0 Å². The van der Waals surface area contributed by atoms with Gasteiger partial charge in [0.2, 0.25) is 0 Å². The lowest BCUT2D eigenvalue weighted by Gasteiger charge is -2.34. The normalized spacial score (nSPS) is 24.1. The number of aliphatic hydroxyl groups is 1. The molecule has 22 heavy (non-hydrogen) atoms. The second-order valence-corrected chi connectivity index (χ2v) is 8.41.